The summed E-state index contributed by atoms with van der Waals surface area (Å²) < 4.78 is 18.0. The van der Waals surface area contributed by atoms with E-state index >= 15 is 0 Å². The summed E-state index contributed by atoms with van der Waals surface area (Å²) in [6.45, 7) is 1.75. The van der Waals surface area contributed by atoms with Crippen molar-refractivity contribution in [3.8, 4) is 28.7 Å². The fraction of sp³-hybridized carbons (Fsp3) is 0.0714. The number of rotatable bonds is 2. The lowest BCUT2D eigenvalue weighted by atomic mass is 10.1. The van der Waals surface area contributed by atoms with Gasteiger partial charge in [0, 0.05) is 11.1 Å². The van der Waals surface area contributed by atoms with Gasteiger partial charge in [-0.3, -0.25) is 0 Å². The summed E-state index contributed by atoms with van der Waals surface area (Å²) in [4.78, 5) is 8.09. The van der Waals surface area contributed by atoms with E-state index in [1.807, 2.05) is 0 Å². The van der Waals surface area contributed by atoms with Gasteiger partial charge in [-0.1, -0.05) is 11.2 Å². The van der Waals surface area contributed by atoms with Crippen molar-refractivity contribution in [1.82, 2.24) is 15.1 Å². The molecule has 6 heteroatoms. The number of pyridine rings is 1. The predicted octanol–water partition coefficient (Wildman–Crippen LogP) is 2.95. The maximum Gasteiger partial charge on any atom is 0.258 e. The maximum atomic E-state index is 12.8. The van der Waals surface area contributed by atoms with Gasteiger partial charge in [-0.05, 0) is 31.2 Å². The Balaban J connectivity index is 2.02. The fourth-order valence-electron chi connectivity index (χ4n) is 1.80. The van der Waals surface area contributed by atoms with Crippen LogP contribution in [0.3, 0.4) is 0 Å². The molecule has 0 aliphatic rings. The minimum Gasteiger partial charge on any atom is -0.508 e. The molecular weight excluding hydrogens is 261 g/mol. The van der Waals surface area contributed by atoms with Gasteiger partial charge in [0.2, 0.25) is 5.82 Å². The first-order valence-corrected chi connectivity index (χ1v) is 5.90. The second-order valence-electron chi connectivity index (χ2n) is 4.23. The number of phenolic OH excluding ortho intramolecular Hbond substituents is 1. The molecule has 0 saturated carbocycles. The monoisotopic (exact) mass is 271 g/mol. The van der Waals surface area contributed by atoms with Crippen LogP contribution in [-0.2, 0) is 0 Å². The van der Waals surface area contributed by atoms with Gasteiger partial charge in [0.05, 0.1) is 6.20 Å². The molecule has 20 heavy (non-hydrogen) atoms. The van der Waals surface area contributed by atoms with E-state index in [4.69, 9.17) is 4.52 Å². The average molecular weight is 271 g/mol. The normalized spacial score (nSPS) is 10.7. The number of hydrogen-bond donors (Lipinski definition) is 1. The van der Waals surface area contributed by atoms with Gasteiger partial charge in [-0.2, -0.15) is 4.98 Å². The summed E-state index contributed by atoms with van der Waals surface area (Å²) in [6.07, 6.45) is 1.09. The van der Waals surface area contributed by atoms with Crippen molar-refractivity contribution in [2.75, 3.05) is 0 Å². The third kappa shape index (κ3) is 2.11. The first-order valence-electron chi connectivity index (χ1n) is 5.90. The van der Waals surface area contributed by atoms with E-state index in [0.29, 0.717) is 16.8 Å². The summed E-state index contributed by atoms with van der Waals surface area (Å²) in [7, 11) is 0. The number of nitrogens with zero attached hydrogens (tertiary/aromatic N) is 3. The van der Waals surface area contributed by atoms with Gasteiger partial charge in [0.15, 0.2) is 0 Å². The number of aromatic nitrogens is 3. The van der Waals surface area contributed by atoms with Crippen molar-refractivity contribution < 1.29 is 14.0 Å². The number of aromatic hydroxyl groups is 1. The number of hydrogen-bond acceptors (Lipinski definition) is 5. The summed E-state index contributed by atoms with van der Waals surface area (Å²) in [5, 5.41) is 13.5. The third-order valence-electron chi connectivity index (χ3n) is 2.92. The van der Waals surface area contributed by atoms with Gasteiger partial charge in [-0.15, -0.1) is 0 Å². The molecule has 1 N–H and O–H groups in total. The molecule has 0 radical (unpaired) electrons. The summed E-state index contributed by atoms with van der Waals surface area (Å²) in [5.41, 5.74) is 1.71. The molecule has 0 atom stereocenters. The molecular formula is C14H10FN3O2. The van der Waals surface area contributed by atoms with Crippen LogP contribution in [0.2, 0.25) is 0 Å². The first kappa shape index (κ1) is 12.3. The van der Waals surface area contributed by atoms with Crippen LogP contribution in [0.25, 0.3) is 23.0 Å². The van der Waals surface area contributed by atoms with E-state index in [1.165, 1.54) is 12.1 Å². The fourth-order valence-corrected chi connectivity index (χ4v) is 1.80. The van der Waals surface area contributed by atoms with Crippen LogP contribution < -0.4 is 0 Å². The standard InChI is InChI=1S/C14H10FN3O2/c1-8-10(3-2-4-12(8)19)14-17-13(18-20-14)11-6-5-9(15)7-16-11/h2-7,19H,1H3. The van der Waals surface area contributed by atoms with E-state index in [0.717, 1.165) is 6.20 Å². The van der Waals surface area contributed by atoms with Crippen LogP contribution in [0.4, 0.5) is 4.39 Å². The van der Waals surface area contributed by atoms with Crippen molar-refractivity contribution >= 4 is 0 Å². The second kappa shape index (κ2) is 4.73. The van der Waals surface area contributed by atoms with Crippen LogP contribution in [-0.4, -0.2) is 20.2 Å². The van der Waals surface area contributed by atoms with Gasteiger partial charge >= 0.3 is 0 Å². The minimum absolute atomic E-state index is 0.155. The smallest absolute Gasteiger partial charge is 0.258 e. The number of halogens is 1. The SMILES string of the molecule is Cc1c(O)cccc1-c1nc(-c2ccc(F)cn2)no1. The highest BCUT2D eigenvalue weighted by atomic mass is 19.1. The Bertz CT molecular complexity index is 753. The van der Waals surface area contributed by atoms with Crippen LogP contribution in [0.15, 0.2) is 41.1 Å². The molecule has 100 valence electrons. The molecule has 0 amide bonds. The molecule has 0 spiro atoms. The molecule has 3 rings (SSSR count). The summed E-state index contributed by atoms with van der Waals surface area (Å²) in [6, 6.07) is 7.79. The van der Waals surface area contributed by atoms with Gasteiger partial charge in [0.1, 0.15) is 17.3 Å². The minimum atomic E-state index is -0.429. The lowest BCUT2D eigenvalue weighted by molar-refractivity contribution is 0.430. The van der Waals surface area contributed by atoms with Crippen LogP contribution in [0, 0.1) is 12.7 Å². The summed E-state index contributed by atoms with van der Waals surface area (Å²) >= 11 is 0. The maximum absolute atomic E-state index is 12.8. The van der Waals surface area contributed by atoms with Crippen LogP contribution >= 0.6 is 0 Å². The Hall–Kier alpha value is -2.76. The molecule has 5 nitrogen and oxygen atoms in total. The van der Waals surface area contributed by atoms with E-state index in [-0.39, 0.29) is 17.5 Å². The predicted molar refractivity (Wildman–Crippen MR) is 69.3 cm³/mol. The van der Waals surface area contributed by atoms with E-state index in [9.17, 15) is 9.50 Å². The molecule has 0 saturated heterocycles. The zero-order valence-corrected chi connectivity index (χ0v) is 10.5. The Labute approximate surface area is 113 Å². The zero-order valence-electron chi connectivity index (χ0n) is 10.5. The van der Waals surface area contributed by atoms with Crippen molar-refractivity contribution in [3.05, 3.63) is 47.9 Å². The Kier molecular flexibility index (Phi) is 2.90. The average Bonchev–Trinajstić information content (AvgIpc) is 2.92. The highest BCUT2D eigenvalue weighted by Gasteiger charge is 2.14. The van der Waals surface area contributed by atoms with Gasteiger partial charge in [-0.25, -0.2) is 9.37 Å². The van der Waals surface area contributed by atoms with Crippen molar-refractivity contribution in [2.24, 2.45) is 0 Å². The van der Waals surface area contributed by atoms with Crippen molar-refractivity contribution in [1.29, 1.82) is 0 Å². The molecule has 0 aliphatic carbocycles. The topological polar surface area (TPSA) is 72.0 Å². The Morgan fingerprint density at radius 1 is 1.20 bits per heavy atom. The van der Waals surface area contributed by atoms with E-state index in [2.05, 4.69) is 15.1 Å². The molecule has 0 fully saturated rings. The summed E-state index contributed by atoms with van der Waals surface area (Å²) in [5.74, 6) is 0.269. The quantitative estimate of drug-likeness (QED) is 0.775. The molecule has 0 aliphatic heterocycles. The molecule has 2 aromatic heterocycles. The second-order valence-corrected chi connectivity index (χ2v) is 4.23. The zero-order chi connectivity index (χ0) is 14.1. The lowest BCUT2D eigenvalue weighted by Crippen LogP contribution is -1.87. The third-order valence-corrected chi connectivity index (χ3v) is 2.92. The Morgan fingerprint density at radius 2 is 2.05 bits per heavy atom. The largest absolute Gasteiger partial charge is 0.508 e. The van der Waals surface area contributed by atoms with E-state index in [1.54, 1.807) is 25.1 Å². The molecule has 3 aromatic rings. The highest BCUT2D eigenvalue weighted by Crippen LogP contribution is 2.29. The van der Waals surface area contributed by atoms with Crippen LogP contribution in [0.1, 0.15) is 5.56 Å². The van der Waals surface area contributed by atoms with Gasteiger partial charge in [0.25, 0.3) is 5.89 Å². The van der Waals surface area contributed by atoms with Crippen LogP contribution in [0.5, 0.6) is 5.75 Å². The van der Waals surface area contributed by atoms with Crippen molar-refractivity contribution in [3.63, 3.8) is 0 Å². The molecule has 0 bridgehead atoms. The molecule has 1 aromatic carbocycles. The lowest BCUT2D eigenvalue weighted by Gasteiger charge is -2.01. The van der Waals surface area contributed by atoms with E-state index < -0.39 is 5.82 Å². The van der Waals surface area contributed by atoms with Crippen molar-refractivity contribution in [2.45, 2.75) is 6.92 Å². The first-order chi connectivity index (χ1) is 9.65. The number of benzene rings is 1. The molecule has 2 heterocycles. The number of phenols is 1. The van der Waals surface area contributed by atoms with Gasteiger partial charge < -0.3 is 9.63 Å². The Morgan fingerprint density at radius 3 is 2.80 bits per heavy atom. The molecule has 0 unspecified atom stereocenters. The highest BCUT2D eigenvalue weighted by molar-refractivity contribution is 5.63.